The number of esters is 1. The van der Waals surface area contributed by atoms with Gasteiger partial charge < -0.3 is 14.6 Å². The first-order valence-electron chi connectivity index (χ1n) is 5.85. The van der Waals surface area contributed by atoms with Crippen molar-refractivity contribution in [2.24, 2.45) is 0 Å². The van der Waals surface area contributed by atoms with Gasteiger partial charge in [-0.25, -0.2) is 22.3 Å². The minimum Gasteiger partial charge on any atom is -0.465 e. The summed E-state index contributed by atoms with van der Waals surface area (Å²) in [7, 11) is -1.82. The Balaban J connectivity index is 3.23. The summed E-state index contributed by atoms with van der Waals surface area (Å²) in [6, 6.07) is 1.74. The summed E-state index contributed by atoms with van der Waals surface area (Å²) < 4.78 is 49.1. The van der Waals surface area contributed by atoms with Crippen LogP contribution in [-0.4, -0.2) is 53.0 Å². The molecule has 0 saturated heterocycles. The molecule has 118 valence electrons. The lowest BCUT2D eigenvalue weighted by Gasteiger charge is -2.16. The number of benzene rings is 1. The maximum Gasteiger partial charge on any atom is 0.339 e. The number of sulfonamides is 1. The number of ether oxygens (including phenoxy) is 2. The molecule has 0 bridgehead atoms. The molecular weight excluding hydrogens is 305 g/mol. The van der Waals surface area contributed by atoms with E-state index in [-0.39, 0.29) is 12.2 Å². The van der Waals surface area contributed by atoms with E-state index in [1.54, 1.807) is 0 Å². The second-order valence-electron chi connectivity index (χ2n) is 4.09. The van der Waals surface area contributed by atoms with Crippen LogP contribution in [0.4, 0.5) is 4.39 Å². The van der Waals surface area contributed by atoms with E-state index in [1.807, 2.05) is 0 Å². The van der Waals surface area contributed by atoms with E-state index in [0.717, 1.165) is 19.2 Å². The lowest BCUT2D eigenvalue weighted by Crippen LogP contribution is -2.41. The third kappa shape index (κ3) is 4.46. The van der Waals surface area contributed by atoms with Crippen LogP contribution >= 0.6 is 0 Å². The largest absolute Gasteiger partial charge is 0.465 e. The van der Waals surface area contributed by atoms with E-state index in [2.05, 4.69) is 9.46 Å². The first-order chi connectivity index (χ1) is 9.85. The fourth-order valence-electron chi connectivity index (χ4n) is 1.61. The molecule has 0 heterocycles. The van der Waals surface area contributed by atoms with Crippen molar-refractivity contribution in [3.05, 3.63) is 29.6 Å². The van der Waals surface area contributed by atoms with Crippen molar-refractivity contribution in [2.45, 2.75) is 10.9 Å². The Morgan fingerprint density at radius 1 is 1.43 bits per heavy atom. The van der Waals surface area contributed by atoms with Crippen LogP contribution in [-0.2, 0) is 19.5 Å². The van der Waals surface area contributed by atoms with Gasteiger partial charge in [-0.15, -0.1) is 0 Å². The van der Waals surface area contributed by atoms with Gasteiger partial charge in [0.05, 0.1) is 36.8 Å². The number of aliphatic hydroxyl groups is 1. The molecular formula is C12H16FNO6S. The van der Waals surface area contributed by atoms with Crippen molar-refractivity contribution in [1.29, 1.82) is 0 Å². The highest BCUT2D eigenvalue weighted by Crippen LogP contribution is 2.18. The van der Waals surface area contributed by atoms with Crippen LogP contribution in [0.15, 0.2) is 23.1 Å². The van der Waals surface area contributed by atoms with Crippen molar-refractivity contribution in [1.82, 2.24) is 4.72 Å². The van der Waals surface area contributed by atoms with E-state index >= 15 is 0 Å². The van der Waals surface area contributed by atoms with Crippen molar-refractivity contribution >= 4 is 16.0 Å². The molecule has 7 nitrogen and oxygen atoms in total. The van der Waals surface area contributed by atoms with Gasteiger partial charge in [0.25, 0.3) is 0 Å². The monoisotopic (exact) mass is 321 g/mol. The molecule has 2 N–H and O–H groups in total. The molecule has 0 aliphatic rings. The molecule has 9 heteroatoms. The number of rotatable bonds is 7. The third-order valence-corrected chi connectivity index (χ3v) is 4.11. The lowest BCUT2D eigenvalue weighted by atomic mass is 10.2. The number of halogens is 1. The number of nitrogens with one attached hydrogen (secondary N) is 1. The van der Waals surface area contributed by atoms with Gasteiger partial charge in [0, 0.05) is 7.11 Å². The molecule has 1 rings (SSSR count). The van der Waals surface area contributed by atoms with Gasteiger partial charge in [-0.05, 0) is 18.2 Å². The van der Waals surface area contributed by atoms with Crippen molar-refractivity contribution in [3.8, 4) is 0 Å². The van der Waals surface area contributed by atoms with Crippen LogP contribution in [0.5, 0.6) is 0 Å². The van der Waals surface area contributed by atoms with Crippen LogP contribution in [0.1, 0.15) is 10.4 Å². The maximum atomic E-state index is 13.3. The van der Waals surface area contributed by atoms with Crippen LogP contribution < -0.4 is 4.72 Å². The van der Waals surface area contributed by atoms with Gasteiger partial charge in [0.1, 0.15) is 5.82 Å². The van der Waals surface area contributed by atoms with Crippen molar-refractivity contribution in [3.63, 3.8) is 0 Å². The summed E-state index contributed by atoms with van der Waals surface area (Å²) in [6.07, 6.45) is 0. The van der Waals surface area contributed by atoms with Crippen molar-refractivity contribution < 1.29 is 32.2 Å². The molecule has 0 radical (unpaired) electrons. The minimum absolute atomic E-state index is 0.0847. The first kappa shape index (κ1) is 17.5. The molecule has 1 aromatic rings. The topological polar surface area (TPSA) is 102 Å². The molecule has 0 amide bonds. The van der Waals surface area contributed by atoms with Crippen molar-refractivity contribution in [2.75, 3.05) is 27.4 Å². The Morgan fingerprint density at radius 3 is 2.62 bits per heavy atom. The number of aliphatic hydroxyl groups excluding tert-OH is 1. The predicted octanol–water partition coefficient (Wildman–Crippen LogP) is -0.102. The standard InChI is InChI=1S/C12H16FNO6S/c1-19-7-9(6-15)14-21(17,18)11-5-8(13)3-4-10(11)12(16)20-2/h3-5,9,14-15H,6-7H2,1-2H3. The highest BCUT2D eigenvalue weighted by molar-refractivity contribution is 7.89. The molecule has 0 aliphatic heterocycles. The molecule has 0 aromatic heterocycles. The quantitative estimate of drug-likeness (QED) is 0.680. The summed E-state index contributed by atoms with van der Waals surface area (Å²) in [5.74, 6) is -1.74. The predicted molar refractivity (Wildman–Crippen MR) is 70.8 cm³/mol. The highest BCUT2D eigenvalue weighted by atomic mass is 32.2. The van der Waals surface area contributed by atoms with E-state index in [4.69, 9.17) is 9.84 Å². The summed E-state index contributed by atoms with van der Waals surface area (Å²) in [6.45, 7) is -0.603. The first-order valence-corrected chi connectivity index (χ1v) is 7.34. The molecule has 0 fully saturated rings. The third-order valence-electron chi connectivity index (χ3n) is 2.55. The molecule has 0 aliphatic carbocycles. The van der Waals surface area contributed by atoms with Gasteiger partial charge in [0.2, 0.25) is 10.0 Å². The summed E-state index contributed by atoms with van der Waals surface area (Å²) in [5, 5.41) is 9.07. The number of hydrogen-bond donors (Lipinski definition) is 2. The van der Waals surface area contributed by atoms with Gasteiger partial charge in [-0.3, -0.25) is 0 Å². The molecule has 1 atom stereocenters. The van der Waals surface area contributed by atoms with Crippen LogP contribution in [0.25, 0.3) is 0 Å². The molecule has 0 saturated carbocycles. The van der Waals surface area contributed by atoms with Gasteiger partial charge >= 0.3 is 5.97 Å². The van der Waals surface area contributed by atoms with Crippen LogP contribution in [0, 0.1) is 5.82 Å². The average molecular weight is 321 g/mol. The second kappa shape index (κ2) is 7.46. The average Bonchev–Trinajstić information content (AvgIpc) is 2.45. The fraction of sp³-hybridized carbons (Fsp3) is 0.417. The Bertz CT molecular complexity index is 604. The Morgan fingerprint density at radius 2 is 2.10 bits per heavy atom. The van der Waals surface area contributed by atoms with Gasteiger partial charge in [-0.1, -0.05) is 0 Å². The summed E-state index contributed by atoms with van der Waals surface area (Å²) in [4.78, 5) is 11.0. The van der Waals surface area contributed by atoms with E-state index in [9.17, 15) is 17.6 Å². The SMILES string of the molecule is COCC(CO)NS(=O)(=O)c1cc(F)ccc1C(=O)OC. The molecule has 1 aromatic carbocycles. The Hall–Kier alpha value is -1.55. The maximum absolute atomic E-state index is 13.3. The number of carbonyl (C=O) groups is 1. The Kier molecular flexibility index (Phi) is 6.21. The zero-order chi connectivity index (χ0) is 16.0. The van der Waals surface area contributed by atoms with E-state index < -0.39 is 39.4 Å². The Labute approximate surface area is 121 Å². The smallest absolute Gasteiger partial charge is 0.339 e. The van der Waals surface area contributed by atoms with Gasteiger partial charge in [-0.2, -0.15) is 0 Å². The normalized spacial score (nSPS) is 13.0. The minimum atomic E-state index is -4.23. The second-order valence-corrected chi connectivity index (χ2v) is 5.77. The van der Waals surface area contributed by atoms with E-state index in [0.29, 0.717) is 6.07 Å². The number of hydrogen-bond acceptors (Lipinski definition) is 6. The van der Waals surface area contributed by atoms with Gasteiger partial charge in [0.15, 0.2) is 0 Å². The van der Waals surface area contributed by atoms with Crippen LogP contribution in [0.2, 0.25) is 0 Å². The molecule has 1 unspecified atom stereocenters. The summed E-state index contributed by atoms with van der Waals surface area (Å²) in [5.41, 5.74) is -0.305. The molecule has 0 spiro atoms. The summed E-state index contributed by atoms with van der Waals surface area (Å²) >= 11 is 0. The number of carbonyl (C=O) groups excluding carboxylic acids is 1. The molecule has 21 heavy (non-hydrogen) atoms. The zero-order valence-electron chi connectivity index (χ0n) is 11.5. The fourth-order valence-corrected chi connectivity index (χ4v) is 3.02. The van der Waals surface area contributed by atoms with Crippen LogP contribution in [0.3, 0.4) is 0 Å². The number of methoxy groups -OCH3 is 2. The zero-order valence-corrected chi connectivity index (χ0v) is 12.3. The highest BCUT2D eigenvalue weighted by Gasteiger charge is 2.26. The lowest BCUT2D eigenvalue weighted by molar-refractivity contribution is 0.0596. The van der Waals surface area contributed by atoms with E-state index in [1.165, 1.54) is 7.11 Å².